The summed E-state index contributed by atoms with van der Waals surface area (Å²) in [5.41, 5.74) is 0.475. The molecule has 12 heavy (non-hydrogen) atoms. The summed E-state index contributed by atoms with van der Waals surface area (Å²) in [4.78, 5) is 10.6. The summed E-state index contributed by atoms with van der Waals surface area (Å²) < 4.78 is 0. The van der Waals surface area contributed by atoms with E-state index in [1.165, 1.54) is 0 Å². The standard InChI is InChI=1S/C8H14O4/c1-4(2)6(10)8(12)7(11)5(3)9/h7-8,10-12H,1-3H3. The molecule has 0 aliphatic rings. The Labute approximate surface area is 71.1 Å². The van der Waals surface area contributed by atoms with E-state index < -0.39 is 18.0 Å². The maximum atomic E-state index is 10.6. The van der Waals surface area contributed by atoms with E-state index in [0.717, 1.165) is 6.92 Å². The van der Waals surface area contributed by atoms with Crippen molar-refractivity contribution in [3.8, 4) is 0 Å². The van der Waals surface area contributed by atoms with Crippen molar-refractivity contribution in [2.75, 3.05) is 0 Å². The molecule has 4 nitrogen and oxygen atoms in total. The molecule has 0 spiro atoms. The molecule has 4 heteroatoms. The van der Waals surface area contributed by atoms with Crippen molar-refractivity contribution in [1.29, 1.82) is 0 Å². The van der Waals surface area contributed by atoms with Crippen LogP contribution in [0.2, 0.25) is 0 Å². The molecule has 2 unspecified atom stereocenters. The summed E-state index contributed by atoms with van der Waals surface area (Å²) in [6, 6.07) is 0. The smallest absolute Gasteiger partial charge is 0.161 e. The van der Waals surface area contributed by atoms with E-state index in [4.69, 9.17) is 15.3 Å². The zero-order valence-electron chi connectivity index (χ0n) is 7.40. The van der Waals surface area contributed by atoms with Crippen LogP contribution in [-0.4, -0.2) is 33.3 Å². The van der Waals surface area contributed by atoms with Crippen LogP contribution in [0, 0.1) is 0 Å². The number of carbonyl (C=O) groups excluding carboxylic acids is 1. The molecule has 0 fully saturated rings. The summed E-state index contributed by atoms with van der Waals surface area (Å²) in [7, 11) is 0. The monoisotopic (exact) mass is 174 g/mol. The maximum absolute atomic E-state index is 10.6. The van der Waals surface area contributed by atoms with Gasteiger partial charge in [0.2, 0.25) is 0 Å². The second kappa shape index (κ2) is 4.23. The van der Waals surface area contributed by atoms with Gasteiger partial charge in [-0.15, -0.1) is 0 Å². The number of aliphatic hydroxyl groups is 3. The summed E-state index contributed by atoms with van der Waals surface area (Å²) >= 11 is 0. The topological polar surface area (TPSA) is 77.8 Å². The van der Waals surface area contributed by atoms with Gasteiger partial charge in [0.05, 0.1) is 0 Å². The Morgan fingerprint density at radius 3 is 1.75 bits per heavy atom. The Balaban J connectivity index is 4.50. The zero-order chi connectivity index (χ0) is 9.89. The van der Waals surface area contributed by atoms with Gasteiger partial charge in [0.25, 0.3) is 0 Å². The normalized spacial score (nSPS) is 15.1. The third-order valence-electron chi connectivity index (χ3n) is 1.51. The fourth-order valence-corrected chi connectivity index (χ4v) is 0.668. The van der Waals surface area contributed by atoms with Crippen molar-refractivity contribution < 1.29 is 20.1 Å². The molecule has 3 N–H and O–H groups in total. The molecule has 0 saturated heterocycles. The van der Waals surface area contributed by atoms with E-state index in [1.807, 2.05) is 0 Å². The average Bonchev–Trinajstić information content (AvgIpc) is 2.00. The lowest BCUT2D eigenvalue weighted by atomic mass is 10.1. The first-order chi connectivity index (χ1) is 5.37. The van der Waals surface area contributed by atoms with E-state index in [0.29, 0.717) is 5.57 Å². The lowest BCUT2D eigenvalue weighted by Crippen LogP contribution is -2.34. The van der Waals surface area contributed by atoms with E-state index in [-0.39, 0.29) is 5.76 Å². The molecule has 0 aromatic rings. The molecular formula is C8H14O4. The van der Waals surface area contributed by atoms with Gasteiger partial charge in [-0.25, -0.2) is 0 Å². The van der Waals surface area contributed by atoms with Crippen LogP contribution in [0.25, 0.3) is 0 Å². The van der Waals surface area contributed by atoms with Crippen molar-refractivity contribution in [2.24, 2.45) is 0 Å². The molecule has 70 valence electrons. The maximum Gasteiger partial charge on any atom is 0.161 e. The van der Waals surface area contributed by atoms with Gasteiger partial charge in [0.1, 0.15) is 18.0 Å². The van der Waals surface area contributed by atoms with Crippen LogP contribution in [0.5, 0.6) is 0 Å². The molecule has 0 heterocycles. The van der Waals surface area contributed by atoms with Crippen LogP contribution in [0.1, 0.15) is 20.8 Å². The lowest BCUT2D eigenvalue weighted by Gasteiger charge is -2.15. The van der Waals surface area contributed by atoms with Gasteiger partial charge >= 0.3 is 0 Å². The van der Waals surface area contributed by atoms with Crippen molar-refractivity contribution in [2.45, 2.75) is 33.0 Å². The van der Waals surface area contributed by atoms with Crippen LogP contribution >= 0.6 is 0 Å². The highest BCUT2D eigenvalue weighted by Gasteiger charge is 2.24. The first-order valence-corrected chi connectivity index (χ1v) is 3.60. The van der Waals surface area contributed by atoms with E-state index in [1.54, 1.807) is 13.8 Å². The highest BCUT2D eigenvalue weighted by molar-refractivity contribution is 5.81. The second-order valence-corrected chi connectivity index (χ2v) is 2.89. The van der Waals surface area contributed by atoms with Gasteiger partial charge in [0.15, 0.2) is 5.78 Å². The van der Waals surface area contributed by atoms with E-state index in [9.17, 15) is 4.79 Å². The third kappa shape index (κ3) is 2.64. The summed E-state index contributed by atoms with van der Waals surface area (Å²) in [5, 5.41) is 27.3. The number of hydrogen-bond donors (Lipinski definition) is 3. The van der Waals surface area contributed by atoms with Gasteiger partial charge < -0.3 is 15.3 Å². The second-order valence-electron chi connectivity index (χ2n) is 2.89. The molecule has 0 saturated carbocycles. The van der Waals surface area contributed by atoms with Crippen LogP contribution in [0.15, 0.2) is 11.3 Å². The fraction of sp³-hybridized carbons (Fsp3) is 0.625. The molecular weight excluding hydrogens is 160 g/mol. The molecule has 0 aromatic carbocycles. The molecule has 0 radical (unpaired) electrons. The SMILES string of the molecule is CC(=O)C(O)C(O)C(O)=C(C)C. The quantitative estimate of drug-likeness (QED) is 0.532. The van der Waals surface area contributed by atoms with Crippen LogP contribution < -0.4 is 0 Å². The highest BCUT2D eigenvalue weighted by Crippen LogP contribution is 2.09. The molecule has 0 rings (SSSR count). The van der Waals surface area contributed by atoms with Gasteiger partial charge in [-0.2, -0.15) is 0 Å². The van der Waals surface area contributed by atoms with Crippen molar-refractivity contribution in [1.82, 2.24) is 0 Å². The van der Waals surface area contributed by atoms with E-state index >= 15 is 0 Å². The summed E-state index contributed by atoms with van der Waals surface area (Å²) in [6.45, 7) is 4.29. The molecule has 2 atom stereocenters. The Bertz CT molecular complexity index is 203. The Morgan fingerprint density at radius 2 is 1.50 bits per heavy atom. The largest absolute Gasteiger partial charge is 0.510 e. The van der Waals surface area contributed by atoms with Crippen molar-refractivity contribution in [3.05, 3.63) is 11.3 Å². The Morgan fingerprint density at radius 1 is 1.08 bits per heavy atom. The predicted octanol–water partition coefficient (Wildman–Crippen LogP) is 0.149. The Hall–Kier alpha value is -0.870. The molecule has 0 aliphatic heterocycles. The number of allylic oxidation sites excluding steroid dienone is 1. The summed E-state index contributed by atoms with van der Waals surface area (Å²) in [6.07, 6.45) is -3.05. The molecule has 0 amide bonds. The number of ketones is 1. The molecule has 0 aromatic heterocycles. The van der Waals surface area contributed by atoms with Gasteiger partial charge in [-0.1, -0.05) is 0 Å². The predicted molar refractivity (Wildman–Crippen MR) is 43.7 cm³/mol. The molecule has 0 bridgehead atoms. The Kier molecular flexibility index (Phi) is 3.92. The van der Waals surface area contributed by atoms with Gasteiger partial charge in [-0.3, -0.25) is 4.79 Å². The van der Waals surface area contributed by atoms with Crippen molar-refractivity contribution >= 4 is 5.78 Å². The van der Waals surface area contributed by atoms with Crippen LogP contribution in [0.3, 0.4) is 0 Å². The van der Waals surface area contributed by atoms with E-state index in [2.05, 4.69) is 0 Å². The fourth-order valence-electron chi connectivity index (χ4n) is 0.668. The van der Waals surface area contributed by atoms with Gasteiger partial charge in [-0.05, 0) is 26.3 Å². The minimum absolute atomic E-state index is 0.349. The minimum atomic E-state index is -1.54. The highest BCUT2D eigenvalue weighted by atomic mass is 16.4. The molecule has 0 aliphatic carbocycles. The lowest BCUT2D eigenvalue weighted by molar-refractivity contribution is -0.130. The third-order valence-corrected chi connectivity index (χ3v) is 1.51. The number of carbonyl (C=O) groups is 1. The number of Topliss-reactive ketones (excluding diaryl/α,β-unsaturated/α-hetero) is 1. The van der Waals surface area contributed by atoms with Gasteiger partial charge in [0, 0.05) is 0 Å². The minimum Gasteiger partial charge on any atom is -0.510 e. The van der Waals surface area contributed by atoms with Crippen LogP contribution in [0.4, 0.5) is 0 Å². The van der Waals surface area contributed by atoms with Crippen LogP contribution in [-0.2, 0) is 4.79 Å². The number of aliphatic hydroxyl groups excluding tert-OH is 3. The first kappa shape index (κ1) is 11.1. The first-order valence-electron chi connectivity index (χ1n) is 3.60. The van der Waals surface area contributed by atoms with Crippen molar-refractivity contribution in [3.63, 3.8) is 0 Å². The summed E-state index contributed by atoms with van der Waals surface area (Å²) in [5.74, 6) is -0.923. The number of hydrogen-bond acceptors (Lipinski definition) is 4. The number of rotatable bonds is 3. The average molecular weight is 174 g/mol. The zero-order valence-corrected chi connectivity index (χ0v) is 7.40.